The van der Waals surface area contributed by atoms with Crippen LogP contribution in [0.5, 0.6) is 0 Å². The van der Waals surface area contributed by atoms with Crippen LogP contribution in [0.1, 0.15) is 12.0 Å². The fourth-order valence-corrected chi connectivity index (χ4v) is 2.32. The molecule has 0 bridgehead atoms. The molecule has 0 atom stereocenters. The lowest BCUT2D eigenvalue weighted by Gasteiger charge is -2.10. The van der Waals surface area contributed by atoms with Gasteiger partial charge in [-0.15, -0.1) is 0 Å². The molecule has 0 spiro atoms. The summed E-state index contributed by atoms with van der Waals surface area (Å²) in [5.41, 5.74) is 2.88. The fourth-order valence-electron chi connectivity index (χ4n) is 2.15. The number of amides is 1. The van der Waals surface area contributed by atoms with Gasteiger partial charge in [0, 0.05) is 23.7 Å². The number of carbonyl (C=O) groups excluding carboxylic acids is 1. The van der Waals surface area contributed by atoms with Gasteiger partial charge in [0.1, 0.15) is 11.8 Å². The highest BCUT2D eigenvalue weighted by molar-refractivity contribution is 6.31. The molecule has 0 saturated carbocycles. The zero-order valence-electron chi connectivity index (χ0n) is 12.4. The number of anilines is 2. The van der Waals surface area contributed by atoms with Crippen molar-refractivity contribution < 1.29 is 4.79 Å². The predicted octanol–water partition coefficient (Wildman–Crippen LogP) is 2.76. The van der Waals surface area contributed by atoms with Crippen molar-refractivity contribution in [1.82, 2.24) is 19.9 Å². The van der Waals surface area contributed by atoms with Gasteiger partial charge in [0.2, 0.25) is 5.91 Å². The lowest BCUT2D eigenvalue weighted by Crippen LogP contribution is -2.17. The van der Waals surface area contributed by atoms with Crippen molar-refractivity contribution >= 4 is 40.2 Å². The van der Waals surface area contributed by atoms with E-state index in [2.05, 4.69) is 30.6 Å². The minimum Gasteiger partial charge on any atom is -0.368 e. The standard InChI is InChI=1S/C15H15ClN6O/c1-9-10(16)3-2-4-11(9)22-12(23)5-6-17-14-13-15(19-7-18-13)21-8-20-14/h2-4,7-8H,5-6H2,1H3,(H,22,23)(H2,17,18,19,20,21). The van der Waals surface area contributed by atoms with E-state index in [1.807, 2.05) is 13.0 Å². The predicted molar refractivity (Wildman–Crippen MR) is 89.6 cm³/mol. The Morgan fingerprint density at radius 3 is 3.04 bits per heavy atom. The number of carbonyl (C=O) groups is 1. The molecule has 23 heavy (non-hydrogen) atoms. The molecule has 0 saturated heterocycles. The number of aromatic nitrogens is 4. The summed E-state index contributed by atoms with van der Waals surface area (Å²) < 4.78 is 0. The van der Waals surface area contributed by atoms with E-state index in [0.717, 1.165) is 16.8 Å². The first kappa shape index (κ1) is 15.2. The normalized spacial score (nSPS) is 10.7. The summed E-state index contributed by atoms with van der Waals surface area (Å²) in [6, 6.07) is 5.42. The van der Waals surface area contributed by atoms with Crippen molar-refractivity contribution in [1.29, 1.82) is 0 Å². The average molecular weight is 331 g/mol. The molecule has 2 aromatic heterocycles. The van der Waals surface area contributed by atoms with E-state index < -0.39 is 0 Å². The molecule has 0 aliphatic heterocycles. The largest absolute Gasteiger partial charge is 0.368 e. The van der Waals surface area contributed by atoms with Crippen LogP contribution in [-0.2, 0) is 4.79 Å². The molecule has 3 rings (SSSR count). The molecule has 3 N–H and O–H groups in total. The Morgan fingerprint density at radius 1 is 1.30 bits per heavy atom. The second kappa shape index (κ2) is 6.62. The first-order valence-electron chi connectivity index (χ1n) is 7.08. The topological polar surface area (TPSA) is 95.6 Å². The van der Waals surface area contributed by atoms with Crippen LogP contribution < -0.4 is 10.6 Å². The summed E-state index contributed by atoms with van der Waals surface area (Å²) in [4.78, 5) is 27.2. The minimum absolute atomic E-state index is 0.0993. The number of hydrogen-bond donors (Lipinski definition) is 3. The molecule has 1 amide bonds. The Hall–Kier alpha value is -2.67. The number of halogens is 1. The number of nitrogens with one attached hydrogen (secondary N) is 3. The van der Waals surface area contributed by atoms with E-state index in [0.29, 0.717) is 29.5 Å². The van der Waals surface area contributed by atoms with Crippen molar-refractivity contribution in [2.75, 3.05) is 17.2 Å². The van der Waals surface area contributed by atoms with Crippen LogP contribution in [0.4, 0.5) is 11.5 Å². The Bertz CT molecular complexity index is 847. The number of imidazole rings is 1. The number of hydrogen-bond acceptors (Lipinski definition) is 5. The van der Waals surface area contributed by atoms with Crippen LogP contribution in [0.25, 0.3) is 11.2 Å². The lowest BCUT2D eigenvalue weighted by atomic mass is 10.2. The number of H-pyrrole nitrogens is 1. The summed E-state index contributed by atoms with van der Waals surface area (Å²) >= 11 is 6.04. The van der Waals surface area contributed by atoms with E-state index in [-0.39, 0.29) is 5.91 Å². The minimum atomic E-state index is -0.0993. The van der Waals surface area contributed by atoms with Gasteiger partial charge in [-0.2, -0.15) is 0 Å². The van der Waals surface area contributed by atoms with Gasteiger partial charge in [-0.25, -0.2) is 15.0 Å². The Balaban J connectivity index is 1.57. The first-order valence-corrected chi connectivity index (χ1v) is 7.46. The third kappa shape index (κ3) is 3.40. The second-order valence-corrected chi connectivity index (χ2v) is 5.37. The number of nitrogens with zero attached hydrogens (tertiary/aromatic N) is 3. The average Bonchev–Trinajstić information content (AvgIpc) is 3.01. The first-order chi connectivity index (χ1) is 11.1. The van der Waals surface area contributed by atoms with Crippen molar-refractivity contribution in [3.63, 3.8) is 0 Å². The monoisotopic (exact) mass is 330 g/mol. The molecular weight excluding hydrogens is 316 g/mol. The molecule has 8 heteroatoms. The molecule has 118 valence electrons. The van der Waals surface area contributed by atoms with Gasteiger partial charge >= 0.3 is 0 Å². The SMILES string of the molecule is Cc1c(Cl)cccc1NC(=O)CCNc1ncnc2nc[nH]c12. The van der Waals surface area contributed by atoms with E-state index in [1.54, 1.807) is 18.5 Å². The second-order valence-electron chi connectivity index (χ2n) is 4.96. The van der Waals surface area contributed by atoms with Crippen LogP contribution in [-0.4, -0.2) is 32.4 Å². The molecule has 0 fully saturated rings. The third-order valence-electron chi connectivity index (χ3n) is 3.41. The van der Waals surface area contributed by atoms with Gasteiger partial charge in [0.25, 0.3) is 0 Å². The number of benzene rings is 1. The number of rotatable bonds is 5. The summed E-state index contributed by atoms with van der Waals surface area (Å²) in [5.74, 6) is 0.525. The Kier molecular flexibility index (Phi) is 4.38. The van der Waals surface area contributed by atoms with Gasteiger partial charge in [0.15, 0.2) is 11.5 Å². The lowest BCUT2D eigenvalue weighted by molar-refractivity contribution is -0.115. The Labute approximate surface area is 137 Å². The molecule has 0 unspecified atom stereocenters. The summed E-state index contributed by atoms with van der Waals surface area (Å²) in [6.07, 6.45) is 3.28. The van der Waals surface area contributed by atoms with E-state index >= 15 is 0 Å². The van der Waals surface area contributed by atoms with Crippen molar-refractivity contribution in [3.8, 4) is 0 Å². The summed E-state index contributed by atoms with van der Waals surface area (Å²) in [5, 5.41) is 6.59. The number of aromatic amines is 1. The van der Waals surface area contributed by atoms with Gasteiger partial charge in [-0.05, 0) is 24.6 Å². The van der Waals surface area contributed by atoms with E-state index in [1.165, 1.54) is 6.33 Å². The fraction of sp³-hybridized carbons (Fsp3) is 0.200. The maximum atomic E-state index is 12.0. The maximum Gasteiger partial charge on any atom is 0.226 e. The smallest absolute Gasteiger partial charge is 0.226 e. The van der Waals surface area contributed by atoms with Crippen LogP contribution in [0.2, 0.25) is 5.02 Å². The van der Waals surface area contributed by atoms with Gasteiger partial charge < -0.3 is 15.6 Å². The molecular formula is C15H15ClN6O. The molecule has 3 aromatic rings. The quantitative estimate of drug-likeness (QED) is 0.668. The molecule has 7 nitrogen and oxygen atoms in total. The number of fused-ring (bicyclic) bond motifs is 1. The van der Waals surface area contributed by atoms with Crippen molar-refractivity contribution in [2.24, 2.45) is 0 Å². The molecule has 1 aromatic carbocycles. The Morgan fingerprint density at radius 2 is 2.17 bits per heavy atom. The van der Waals surface area contributed by atoms with Crippen LogP contribution in [0, 0.1) is 6.92 Å². The molecule has 2 heterocycles. The van der Waals surface area contributed by atoms with Crippen molar-refractivity contribution in [2.45, 2.75) is 13.3 Å². The maximum absolute atomic E-state index is 12.0. The zero-order chi connectivity index (χ0) is 16.2. The molecule has 0 aliphatic rings. The van der Waals surface area contributed by atoms with Crippen LogP contribution >= 0.6 is 11.6 Å². The van der Waals surface area contributed by atoms with E-state index in [9.17, 15) is 4.79 Å². The summed E-state index contributed by atoms with van der Waals surface area (Å²) in [7, 11) is 0. The third-order valence-corrected chi connectivity index (χ3v) is 3.82. The zero-order valence-corrected chi connectivity index (χ0v) is 13.2. The van der Waals surface area contributed by atoms with Gasteiger partial charge in [-0.3, -0.25) is 4.79 Å². The van der Waals surface area contributed by atoms with Crippen LogP contribution in [0.15, 0.2) is 30.9 Å². The van der Waals surface area contributed by atoms with Gasteiger partial charge in [-0.1, -0.05) is 17.7 Å². The van der Waals surface area contributed by atoms with Crippen molar-refractivity contribution in [3.05, 3.63) is 41.4 Å². The van der Waals surface area contributed by atoms with Crippen LogP contribution in [0.3, 0.4) is 0 Å². The van der Waals surface area contributed by atoms with Gasteiger partial charge in [0.05, 0.1) is 6.33 Å². The highest BCUT2D eigenvalue weighted by Gasteiger charge is 2.08. The molecule has 0 radical (unpaired) electrons. The summed E-state index contributed by atoms with van der Waals surface area (Å²) in [6.45, 7) is 2.31. The highest BCUT2D eigenvalue weighted by atomic mass is 35.5. The highest BCUT2D eigenvalue weighted by Crippen LogP contribution is 2.23. The molecule has 0 aliphatic carbocycles. The van der Waals surface area contributed by atoms with E-state index in [4.69, 9.17) is 11.6 Å².